The van der Waals surface area contributed by atoms with Gasteiger partial charge in [-0.1, -0.05) is 100 Å². The molecule has 1 unspecified atom stereocenters. The Morgan fingerprint density at radius 2 is 0.738 bits per heavy atom. The molecule has 1 atom stereocenters. The van der Waals surface area contributed by atoms with Gasteiger partial charge >= 0.3 is 66.5 Å². The molecule has 0 saturated carbocycles. The van der Waals surface area contributed by atoms with Crippen molar-refractivity contribution in [1.82, 2.24) is 24.9 Å². The second kappa shape index (κ2) is 36.2. The molecule has 0 bridgehead atoms. The quantitative estimate of drug-likeness (QED) is 0.0776. The Hall–Kier alpha value is -5.28. The van der Waals surface area contributed by atoms with Crippen molar-refractivity contribution < 1.29 is 74.8 Å². The molecule has 80 heavy (non-hydrogen) atoms. The van der Waals surface area contributed by atoms with Crippen molar-refractivity contribution in [2.24, 2.45) is 0 Å². The van der Waals surface area contributed by atoms with Crippen LogP contribution >= 0.6 is 26.2 Å². The summed E-state index contributed by atoms with van der Waals surface area (Å²) in [5, 5.41) is 18.7. The van der Waals surface area contributed by atoms with E-state index in [2.05, 4.69) is 34.2 Å². The number of hydrogen-bond donors (Lipinski definition) is 2. The number of rotatable bonds is 14. The van der Waals surface area contributed by atoms with E-state index >= 15 is 0 Å². The average molecular weight is 1300 g/mol. The molecule has 2 N–H and O–H groups in total. The monoisotopic (exact) mass is 1300 g/mol. The van der Waals surface area contributed by atoms with E-state index in [1.807, 2.05) is 164 Å². The molecule has 0 amide bonds. The second-order valence-corrected chi connectivity index (χ2v) is 19.1. The number of aromatic hydroxyl groups is 1. The van der Waals surface area contributed by atoms with Gasteiger partial charge in [0.25, 0.3) is 0 Å². The van der Waals surface area contributed by atoms with Crippen molar-refractivity contribution in [1.29, 1.82) is 0 Å². The van der Waals surface area contributed by atoms with E-state index < -0.39 is 0 Å². The minimum absolute atomic E-state index is 0. The van der Waals surface area contributed by atoms with Gasteiger partial charge in [-0.15, -0.1) is 0 Å². The molecule has 5 heterocycles. The first-order valence-corrected chi connectivity index (χ1v) is 28.4. The molecule has 5 aromatic heterocycles. The number of benzene rings is 5. The summed E-state index contributed by atoms with van der Waals surface area (Å²) in [6.45, 7) is 0.468. The SMILES string of the molecule is COCc1cccc(-c2ccccc2[O][AlH])n1.O=Pc1cccc(-c2ccccc2O)n1.O=Pc1cccc(-c2ccccc2[O][AlH])n1.OCc1cccc(-c2ccccc2[O][AlH])n1.[AlH][O]c1ccccc1-c1cccc(P)n1.[La]. The van der Waals surface area contributed by atoms with Crippen LogP contribution in [0.25, 0.3) is 56.3 Å². The van der Waals surface area contributed by atoms with Crippen LogP contribution in [-0.4, -0.2) is 109 Å². The van der Waals surface area contributed by atoms with Gasteiger partial charge in [-0.05, 0) is 121 Å². The minimum Gasteiger partial charge on any atom is -0.650 e. The van der Waals surface area contributed by atoms with E-state index in [1.54, 1.807) is 55.6 Å². The van der Waals surface area contributed by atoms with Crippen LogP contribution < -0.4 is 31.5 Å². The maximum atomic E-state index is 10.7. The summed E-state index contributed by atoms with van der Waals surface area (Å²) in [7, 11) is 4.07. The van der Waals surface area contributed by atoms with Crippen LogP contribution in [0.15, 0.2) is 212 Å². The molecule has 0 saturated heterocycles. The third-order valence-corrected chi connectivity index (χ3v) is 13.4. The number of nitrogens with zero attached hydrogens (tertiary/aromatic N) is 5. The fraction of sp³-hybridized carbons (Fsp3) is 0.0517. The number of pyridine rings is 5. The van der Waals surface area contributed by atoms with Crippen molar-refractivity contribution in [2.45, 2.75) is 13.2 Å². The number of methoxy groups -OCH3 is 1. The van der Waals surface area contributed by atoms with Gasteiger partial charge in [-0.25, -0.2) is 15.0 Å². The molecular weight excluding hydrogens is 1250 g/mol. The molecule has 5 aromatic carbocycles. The Balaban J connectivity index is 0.000000183. The summed E-state index contributed by atoms with van der Waals surface area (Å²) >= 11 is 5.80. The predicted molar refractivity (Wildman–Crippen MR) is 322 cm³/mol. The van der Waals surface area contributed by atoms with Crippen molar-refractivity contribution in [3.05, 3.63) is 224 Å². The van der Waals surface area contributed by atoms with Crippen LogP contribution in [0, 0.1) is 35.6 Å². The summed E-state index contributed by atoms with van der Waals surface area (Å²) in [4.78, 5) is 21.7. The Morgan fingerprint density at radius 3 is 1.11 bits per heavy atom. The summed E-state index contributed by atoms with van der Waals surface area (Å²) < 4.78 is 47.7. The Bertz CT molecular complexity index is 3570. The van der Waals surface area contributed by atoms with E-state index in [0.717, 1.165) is 79.2 Å². The summed E-state index contributed by atoms with van der Waals surface area (Å²) in [6.07, 6.45) is 0. The van der Waals surface area contributed by atoms with Gasteiger partial charge < -0.3 is 30.1 Å². The smallest absolute Gasteiger partial charge is 0.494 e. The number of para-hydroxylation sites is 5. The van der Waals surface area contributed by atoms with Gasteiger partial charge in [-0.3, -0.25) is 19.1 Å². The van der Waals surface area contributed by atoms with Crippen LogP contribution in [0.5, 0.6) is 28.7 Å². The third-order valence-electron chi connectivity index (χ3n) is 10.9. The van der Waals surface area contributed by atoms with Gasteiger partial charge in [0.15, 0.2) is 0 Å². The number of phenols is 1. The zero-order chi connectivity index (χ0) is 56.2. The maximum Gasteiger partial charge on any atom is 0.494 e. The molecule has 14 nitrogen and oxygen atoms in total. The number of ether oxygens (including phenoxy) is 1. The first kappa shape index (κ1) is 65.5. The Labute approximate surface area is 532 Å². The van der Waals surface area contributed by atoms with Gasteiger partial charge in [0.2, 0.25) is 16.9 Å². The predicted octanol–water partition coefficient (Wildman–Crippen LogP) is 9.20. The maximum absolute atomic E-state index is 10.7. The van der Waals surface area contributed by atoms with Crippen molar-refractivity contribution in [3.63, 3.8) is 0 Å². The third kappa shape index (κ3) is 20.0. The van der Waals surface area contributed by atoms with E-state index in [4.69, 9.17) is 25.0 Å². The number of aromatic nitrogens is 5. The van der Waals surface area contributed by atoms with Crippen LogP contribution in [0.3, 0.4) is 0 Å². The van der Waals surface area contributed by atoms with Gasteiger partial charge in [0.1, 0.15) is 16.6 Å². The fourth-order valence-electron chi connectivity index (χ4n) is 7.33. The number of hydrogen-bond acceptors (Lipinski definition) is 14. The molecule has 0 aliphatic heterocycles. The number of aliphatic hydroxyl groups is 1. The molecule has 391 valence electrons. The van der Waals surface area contributed by atoms with Crippen LogP contribution in [0.1, 0.15) is 11.4 Å². The molecular formula is C58H50Al4LaN5O9P3. The van der Waals surface area contributed by atoms with Crippen molar-refractivity contribution in [2.75, 3.05) is 7.11 Å². The van der Waals surface area contributed by atoms with Crippen molar-refractivity contribution >= 4 is 109 Å². The molecule has 10 rings (SSSR count). The normalized spacial score (nSPS) is 10.0. The van der Waals surface area contributed by atoms with Crippen LogP contribution in [0.4, 0.5) is 0 Å². The van der Waals surface area contributed by atoms with Gasteiger partial charge in [0.05, 0.1) is 81.5 Å². The second-order valence-electron chi connectivity index (χ2n) is 16.1. The number of phenolic OH excluding ortho intramolecular Hbond substituents is 1. The molecule has 0 fully saturated rings. The van der Waals surface area contributed by atoms with E-state index in [1.165, 1.54) is 66.5 Å². The first-order valence-electron chi connectivity index (χ1n) is 23.9. The van der Waals surface area contributed by atoms with E-state index in [-0.39, 0.29) is 64.9 Å². The molecule has 0 spiro atoms. The molecule has 22 heteroatoms. The van der Waals surface area contributed by atoms with Gasteiger partial charge in [0, 0.05) is 70.5 Å². The summed E-state index contributed by atoms with van der Waals surface area (Å²) in [5.74, 6) is 3.44. The zero-order valence-electron chi connectivity index (χ0n) is 43.5. The molecule has 0 aliphatic carbocycles. The Morgan fingerprint density at radius 1 is 0.412 bits per heavy atom. The number of aliphatic hydroxyl groups excluding tert-OH is 1. The fourth-order valence-corrected chi connectivity index (χ4v) is 9.18. The molecule has 10 aromatic rings. The van der Waals surface area contributed by atoms with Crippen LogP contribution in [-0.2, 0) is 27.1 Å². The zero-order valence-corrected chi connectivity index (χ0v) is 55.7. The minimum atomic E-state index is -0.117. The summed E-state index contributed by atoms with van der Waals surface area (Å²) in [6, 6.07) is 66.0. The average Bonchev–Trinajstić information content (AvgIpc) is 3.52. The van der Waals surface area contributed by atoms with Gasteiger partial charge in [-0.2, -0.15) is 0 Å². The Kier molecular flexibility index (Phi) is 29.7. The van der Waals surface area contributed by atoms with E-state index in [9.17, 15) is 14.2 Å². The standard InChI is InChI=1S/C13H13NO2.C12H11NO2.2C11H8NO2P.C11H10NOP.4Al.La.4H/c1-16-9-10-5-4-7-12(14-10)11-6-2-3-8-13(11)15;14-8-9-4-3-6-11(13-9)10-5-1-2-7-12(10)15;2*13-10-6-2-1-4-8(10)9-5-3-7-11(12-9)15-14;13-10-6-2-1-4-8(10)9-5-3-7-11(14)12-9;;;;;;;;;/h2-8,15H,9H2,1H3;1-7,14-15H,8H2;2*1-7,13H;1-7,13H,14H2;;;;;;;;;/q;;;;;4*+1;;;;;/p-4. The van der Waals surface area contributed by atoms with Crippen molar-refractivity contribution in [3.8, 4) is 85.0 Å². The van der Waals surface area contributed by atoms with E-state index in [0.29, 0.717) is 34.4 Å². The summed E-state index contributed by atoms with van der Waals surface area (Å²) in [5.41, 5.74) is 12.0. The topological polar surface area (TPSA) is 185 Å². The van der Waals surface area contributed by atoms with Crippen LogP contribution in [0.2, 0.25) is 0 Å². The molecule has 0 aliphatic rings. The molecule has 5 radical (unpaired) electrons. The first-order chi connectivity index (χ1) is 38.7. The largest absolute Gasteiger partial charge is 0.650 e.